The van der Waals surface area contributed by atoms with Gasteiger partial charge in [0.1, 0.15) is 6.10 Å². The molecule has 1 heterocycles. The number of rotatable bonds is 0. The van der Waals surface area contributed by atoms with Crippen molar-refractivity contribution in [3.8, 4) is 0 Å². The number of fused-ring (bicyclic) bond motifs is 1. The number of hydrogen-bond acceptors (Lipinski definition) is 3. The van der Waals surface area contributed by atoms with Crippen LogP contribution in [0, 0.1) is 11.8 Å². The minimum absolute atomic E-state index is 0.0324. The predicted octanol–water partition coefficient (Wildman–Crippen LogP) is -1.23. The third kappa shape index (κ3) is 0.509. The molecule has 1 aliphatic carbocycles. The molecule has 3 heteroatoms. The standard InChI is InChI=1S/C6H9NO2/c8-5-3-1-7-2-4(3)6(5)9/h3-5,7-8H,1-2H2/t3-,4+,5-/m0/s1. The van der Waals surface area contributed by atoms with E-state index in [4.69, 9.17) is 5.11 Å². The van der Waals surface area contributed by atoms with Crippen LogP contribution in [0.5, 0.6) is 0 Å². The minimum Gasteiger partial charge on any atom is -0.385 e. The van der Waals surface area contributed by atoms with E-state index in [2.05, 4.69) is 5.32 Å². The average molecular weight is 127 g/mol. The van der Waals surface area contributed by atoms with Gasteiger partial charge >= 0.3 is 0 Å². The maximum absolute atomic E-state index is 10.8. The summed E-state index contributed by atoms with van der Waals surface area (Å²) >= 11 is 0. The van der Waals surface area contributed by atoms with Gasteiger partial charge < -0.3 is 10.4 Å². The van der Waals surface area contributed by atoms with Crippen LogP contribution in [0.15, 0.2) is 0 Å². The molecule has 0 bridgehead atoms. The van der Waals surface area contributed by atoms with Gasteiger partial charge in [0.05, 0.1) is 0 Å². The van der Waals surface area contributed by atoms with E-state index in [1.807, 2.05) is 0 Å². The van der Waals surface area contributed by atoms with Gasteiger partial charge in [0, 0.05) is 24.9 Å². The largest absolute Gasteiger partial charge is 0.385 e. The fourth-order valence-electron chi connectivity index (χ4n) is 1.65. The van der Waals surface area contributed by atoms with Crippen LogP contribution < -0.4 is 5.32 Å². The molecule has 1 aliphatic heterocycles. The molecule has 3 nitrogen and oxygen atoms in total. The lowest BCUT2D eigenvalue weighted by Crippen LogP contribution is -2.51. The molecule has 0 aromatic rings. The smallest absolute Gasteiger partial charge is 0.166 e. The van der Waals surface area contributed by atoms with Gasteiger partial charge in [0.15, 0.2) is 5.78 Å². The Morgan fingerprint density at radius 2 is 2.33 bits per heavy atom. The number of carbonyl (C=O) groups is 1. The van der Waals surface area contributed by atoms with Crippen molar-refractivity contribution in [1.82, 2.24) is 5.32 Å². The van der Waals surface area contributed by atoms with Gasteiger partial charge in [0.2, 0.25) is 0 Å². The lowest BCUT2D eigenvalue weighted by molar-refractivity contribution is -0.148. The quantitative estimate of drug-likeness (QED) is 0.428. The topological polar surface area (TPSA) is 49.3 Å². The van der Waals surface area contributed by atoms with E-state index in [0.717, 1.165) is 13.1 Å². The Labute approximate surface area is 53.1 Å². The first-order chi connectivity index (χ1) is 4.30. The molecule has 0 aromatic carbocycles. The van der Waals surface area contributed by atoms with Crippen molar-refractivity contribution in [2.24, 2.45) is 11.8 Å². The van der Waals surface area contributed by atoms with Crippen LogP contribution in [-0.2, 0) is 4.79 Å². The zero-order valence-corrected chi connectivity index (χ0v) is 5.00. The summed E-state index contributed by atoms with van der Waals surface area (Å²) in [4.78, 5) is 10.8. The molecule has 3 atom stereocenters. The second-order valence-corrected chi connectivity index (χ2v) is 2.78. The first kappa shape index (κ1) is 5.38. The molecular weight excluding hydrogens is 118 g/mol. The monoisotopic (exact) mass is 127 g/mol. The van der Waals surface area contributed by atoms with Crippen LogP contribution in [0.25, 0.3) is 0 Å². The van der Waals surface area contributed by atoms with Gasteiger partial charge in [-0.15, -0.1) is 0 Å². The van der Waals surface area contributed by atoms with E-state index in [-0.39, 0.29) is 17.6 Å². The number of nitrogens with one attached hydrogen (secondary N) is 1. The SMILES string of the molecule is O=C1[C@@H](O)[C@H]2CNC[C@@H]12. The highest BCUT2D eigenvalue weighted by Crippen LogP contribution is 2.33. The average Bonchev–Trinajstić information content (AvgIpc) is 2.30. The summed E-state index contributed by atoms with van der Waals surface area (Å²) in [5, 5.41) is 12.1. The van der Waals surface area contributed by atoms with Crippen LogP contribution in [0.4, 0.5) is 0 Å². The van der Waals surface area contributed by atoms with E-state index in [0.29, 0.717) is 0 Å². The fraction of sp³-hybridized carbons (Fsp3) is 0.833. The third-order valence-corrected chi connectivity index (χ3v) is 2.32. The maximum Gasteiger partial charge on any atom is 0.166 e. The van der Waals surface area contributed by atoms with Crippen LogP contribution in [0.1, 0.15) is 0 Å². The lowest BCUT2D eigenvalue weighted by Gasteiger charge is -2.33. The highest BCUT2D eigenvalue weighted by atomic mass is 16.3. The first-order valence-electron chi connectivity index (χ1n) is 3.23. The Balaban J connectivity index is 2.14. The Hall–Kier alpha value is -0.410. The van der Waals surface area contributed by atoms with Crippen molar-refractivity contribution in [2.75, 3.05) is 13.1 Å². The molecular formula is C6H9NO2. The Morgan fingerprint density at radius 1 is 1.56 bits per heavy atom. The molecule has 2 rings (SSSR count). The van der Waals surface area contributed by atoms with Crippen LogP contribution in [0.2, 0.25) is 0 Å². The summed E-state index contributed by atoms with van der Waals surface area (Å²) in [5.74, 6) is 0.405. The first-order valence-corrected chi connectivity index (χ1v) is 3.23. The molecule has 0 spiro atoms. The predicted molar refractivity (Wildman–Crippen MR) is 30.9 cm³/mol. The van der Waals surface area contributed by atoms with E-state index in [1.165, 1.54) is 0 Å². The minimum atomic E-state index is -0.648. The van der Waals surface area contributed by atoms with Crippen molar-refractivity contribution >= 4 is 5.78 Å². The van der Waals surface area contributed by atoms with Gasteiger partial charge in [-0.05, 0) is 0 Å². The number of hydrogen-bond donors (Lipinski definition) is 2. The normalized spacial score (nSPS) is 48.6. The Bertz CT molecular complexity index is 157. The second kappa shape index (κ2) is 1.55. The molecule has 0 amide bonds. The van der Waals surface area contributed by atoms with Gasteiger partial charge in [-0.2, -0.15) is 0 Å². The van der Waals surface area contributed by atoms with Crippen molar-refractivity contribution < 1.29 is 9.90 Å². The highest BCUT2D eigenvalue weighted by Gasteiger charge is 2.50. The van der Waals surface area contributed by atoms with Crippen molar-refractivity contribution in [3.05, 3.63) is 0 Å². The highest BCUT2D eigenvalue weighted by molar-refractivity contribution is 5.92. The van der Waals surface area contributed by atoms with E-state index in [9.17, 15) is 4.79 Å². The zero-order valence-electron chi connectivity index (χ0n) is 5.00. The fourth-order valence-corrected chi connectivity index (χ4v) is 1.65. The number of Topliss-reactive ketones (excluding diaryl/α,β-unsaturated/α-hetero) is 1. The van der Waals surface area contributed by atoms with Crippen LogP contribution >= 0.6 is 0 Å². The van der Waals surface area contributed by atoms with Crippen LogP contribution in [-0.4, -0.2) is 30.1 Å². The van der Waals surface area contributed by atoms with Crippen molar-refractivity contribution in [3.63, 3.8) is 0 Å². The zero-order chi connectivity index (χ0) is 6.43. The number of ketones is 1. The van der Waals surface area contributed by atoms with Gasteiger partial charge in [-0.1, -0.05) is 0 Å². The Morgan fingerprint density at radius 3 is 3.00 bits per heavy atom. The number of aliphatic hydroxyl groups is 1. The third-order valence-electron chi connectivity index (χ3n) is 2.32. The molecule has 2 N–H and O–H groups in total. The van der Waals surface area contributed by atoms with Crippen LogP contribution in [0.3, 0.4) is 0 Å². The molecule has 0 radical (unpaired) electrons. The summed E-state index contributed by atoms with van der Waals surface area (Å²) in [6.45, 7) is 1.60. The molecule has 0 unspecified atom stereocenters. The van der Waals surface area contributed by atoms with Crippen molar-refractivity contribution in [1.29, 1.82) is 0 Å². The summed E-state index contributed by atoms with van der Waals surface area (Å²) in [7, 11) is 0. The molecule has 0 aromatic heterocycles. The summed E-state index contributed by atoms with van der Waals surface area (Å²) in [6, 6.07) is 0. The maximum atomic E-state index is 10.8. The van der Waals surface area contributed by atoms with Crippen molar-refractivity contribution in [2.45, 2.75) is 6.10 Å². The number of aliphatic hydroxyl groups excluding tert-OH is 1. The lowest BCUT2D eigenvalue weighted by atomic mass is 9.72. The van der Waals surface area contributed by atoms with E-state index < -0.39 is 6.10 Å². The molecule has 9 heavy (non-hydrogen) atoms. The second-order valence-electron chi connectivity index (χ2n) is 2.78. The summed E-state index contributed by atoms with van der Waals surface area (Å²) in [5.41, 5.74) is 0. The molecule has 1 saturated heterocycles. The van der Waals surface area contributed by atoms with Gasteiger partial charge in [-0.3, -0.25) is 4.79 Å². The number of carbonyl (C=O) groups excluding carboxylic acids is 1. The molecule has 2 aliphatic rings. The van der Waals surface area contributed by atoms with E-state index >= 15 is 0 Å². The molecule has 1 saturated carbocycles. The summed E-state index contributed by atoms with van der Waals surface area (Å²) in [6.07, 6.45) is -0.648. The van der Waals surface area contributed by atoms with E-state index in [1.54, 1.807) is 0 Å². The van der Waals surface area contributed by atoms with Gasteiger partial charge in [-0.25, -0.2) is 0 Å². The molecule has 50 valence electrons. The summed E-state index contributed by atoms with van der Waals surface area (Å²) < 4.78 is 0. The Kier molecular flexibility index (Phi) is 0.926. The van der Waals surface area contributed by atoms with Gasteiger partial charge in [0.25, 0.3) is 0 Å². The molecule has 2 fully saturated rings.